The van der Waals surface area contributed by atoms with Crippen molar-refractivity contribution in [1.29, 1.82) is 0 Å². The van der Waals surface area contributed by atoms with E-state index in [1.807, 2.05) is 103 Å². The van der Waals surface area contributed by atoms with E-state index in [1.165, 1.54) is 5.56 Å². The number of nitrogens with zero attached hydrogens (tertiary/aromatic N) is 6. The van der Waals surface area contributed by atoms with Crippen LogP contribution in [0.2, 0.25) is 0 Å². The van der Waals surface area contributed by atoms with Crippen molar-refractivity contribution in [3.63, 3.8) is 0 Å². The summed E-state index contributed by atoms with van der Waals surface area (Å²) in [7, 11) is 1.89. The number of aromatic nitrogens is 4. The highest BCUT2D eigenvalue weighted by atomic mass is 16.2. The number of hydrogen-bond acceptors (Lipinski definition) is 5. The van der Waals surface area contributed by atoms with Crippen LogP contribution in [0.4, 0.5) is 0 Å². The first kappa shape index (κ1) is 30.6. The number of benzene rings is 3. The highest BCUT2D eigenvalue weighted by molar-refractivity contribution is 5.96. The van der Waals surface area contributed by atoms with Gasteiger partial charge in [0.1, 0.15) is 6.04 Å². The summed E-state index contributed by atoms with van der Waals surface area (Å²) in [5, 5.41) is 4.50. The molecular formula is C38H38N6O2. The Morgan fingerprint density at radius 3 is 2.35 bits per heavy atom. The molecule has 0 saturated carbocycles. The summed E-state index contributed by atoms with van der Waals surface area (Å²) in [5.41, 5.74) is 8.76. The van der Waals surface area contributed by atoms with Crippen molar-refractivity contribution in [3.8, 4) is 11.3 Å². The summed E-state index contributed by atoms with van der Waals surface area (Å²) in [6.45, 7) is 5.32. The lowest BCUT2D eigenvalue weighted by molar-refractivity contribution is -0.144. The second kappa shape index (κ2) is 13.7. The maximum Gasteiger partial charge on any atom is 0.247 e. The molecule has 5 aromatic rings. The number of fused-ring (bicyclic) bond motifs is 1. The summed E-state index contributed by atoms with van der Waals surface area (Å²) >= 11 is 0. The number of carbonyl (C=O) groups is 2. The quantitative estimate of drug-likeness (QED) is 0.199. The van der Waals surface area contributed by atoms with Crippen LogP contribution in [0.3, 0.4) is 0 Å². The molecule has 3 aromatic carbocycles. The monoisotopic (exact) mass is 610 g/mol. The second-order valence-corrected chi connectivity index (χ2v) is 11.8. The Balaban J connectivity index is 1.36. The average Bonchev–Trinajstić information content (AvgIpc) is 3.34. The zero-order valence-corrected chi connectivity index (χ0v) is 26.5. The zero-order chi connectivity index (χ0) is 32.0. The summed E-state index contributed by atoms with van der Waals surface area (Å²) in [4.78, 5) is 41.1. The van der Waals surface area contributed by atoms with Gasteiger partial charge in [-0.3, -0.25) is 24.2 Å². The lowest BCUT2D eigenvalue weighted by Gasteiger charge is -2.37. The second-order valence-electron chi connectivity index (χ2n) is 11.8. The van der Waals surface area contributed by atoms with Crippen LogP contribution in [-0.2, 0) is 42.6 Å². The third-order valence-corrected chi connectivity index (χ3v) is 8.78. The molecule has 0 N–H and O–H groups in total. The van der Waals surface area contributed by atoms with E-state index in [2.05, 4.69) is 27.2 Å². The molecular weight excluding hydrogens is 572 g/mol. The number of carbonyl (C=O) groups excluding carboxylic acids is 2. The van der Waals surface area contributed by atoms with Crippen molar-refractivity contribution in [2.24, 2.45) is 7.05 Å². The zero-order valence-electron chi connectivity index (χ0n) is 26.5. The van der Waals surface area contributed by atoms with Crippen molar-refractivity contribution in [2.75, 3.05) is 6.54 Å². The molecule has 3 heterocycles. The molecule has 1 atom stereocenters. The van der Waals surface area contributed by atoms with Crippen LogP contribution in [0.1, 0.15) is 39.2 Å². The predicted octanol–water partition coefficient (Wildman–Crippen LogP) is 5.73. The van der Waals surface area contributed by atoms with Gasteiger partial charge in [0, 0.05) is 68.4 Å². The fourth-order valence-electron chi connectivity index (χ4n) is 6.11. The normalized spacial score (nSPS) is 13.4. The van der Waals surface area contributed by atoms with Crippen molar-refractivity contribution in [1.82, 2.24) is 29.5 Å². The van der Waals surface area contributed by atoms with Gasteiger partial charge in [-0.25, -0.2) is 0 Å². The number of rotatable bonds is 9. The molecule has 0 radical (unpaired) electrons. The van der Waals surface area contributed by atoms with E-state index in [0.29, 0.717) is 19.5 Å². The molecule has 2 amide bonds. The third kappa shape index (κ3) is 6.81. The Morgan fingerprint density at radius 2 is 1.65 bits per heavy atom. The molecule has 0 fully saturated rings. The number of hydrogen-bond donors (Lipinski definition) is 0. The van der Waals surface area contributed by atoms with Crippen LogP contribution in [0, 0.1) is 13.8 Å². The Kier molecular flexibility index (Phi) is 9.15. The van der Waals surface area contributed by atoms with E-state index in [0.717, 1.165) is 51.3 Å². The minimum atomic E-state index is -0.708. The smallest absolute Gasteiger partial charge is 0.247 e. The maximum atomic E-state index is 14.6. The summed E-state index contributed by atoms with van der Waals surface area (Å²) < 4.78 is 1.81. The molecule has 2 aromatic heterocycles. The van der Waals surface area contributed by atoms with E-state index in [1.54, 1.807) is 29.6 Å². The van der Waals surface area contributed by atoms with Gasteiger partial charge in [0.25, 0.3) is 0 Å². The highest BCUT2D eigenvalue weighted by Gasteiger charge is 2.34. The lowest BCUT2D eigenvalue weighted by Crippen LogP contribution is -2.52. The van der Waals surface area contributed by atoms with Crippen molar-refractivity contribution in [3.05, 3.63) is 143 Å². The minimum absolute atomic E-state index is 0.0509. The molecule has 232 valence electrons. The minimum Gasteiger partial charge on any atom is -0.336 e. The van der Waals surface area contributed by atoms with Gasteiger partial charge in [-0.1, -0.05) is 78.9 Å². The standard InChI is InChI=1S/C38H38N6O2/c1-27-34(28(2)42(3)41-27)17-18-37(45)44(25-30-13-15-32(16-14-30)35-24-39-20-21-40-35)36(23-29-9-5-4-6-10-29)38(46)43-22-19-31-11-7-8-12-33(31)26-43/h4-18,20-21,24,36H,19,22-23,25-26H2,1-3H3/t36-/m0/s1. The molecule has 8 nitrogen and oxygen atoms in total. The third-order valence-electron chi connectivity index (χ3n) is 8.78. The maximum absolute atomic E-state index is 14.6. The molecule has 8 heteroatoms. The Hall–Kier alpha value is -5.37. The van der Waals surface area contributed by atoms with Crippen LogP contribution in [0.5, 0.6) is 0 Å². The first-order chi connectivity index (χ1) is 22.4. The Bertz CT molecular complexity index is 1850. The van der Waals surface area contributed by atoms with E-state index in [4.69, 9.17) is 0 Å². The van der Waals surface area contributed by atoms with Gasteiger partial charge in [0.15, 0.2) is 0 Å². The van der Waals surface area contributed by atoms with Gasteiger partial charge in [0.05, 0.1) is 17.6 Å². The van der Waals surface area contributed by atoms with E-state index in [-0.39, 0.29) is 18.4 Å². The Labute approximate surface area is 270 Å². The van der Waals surface area contributed by atoms with Crippen LogP contribution >= 0.6 is 0 Å². The van der Waals surface area contributed by atoms with Crippen LogP contribution in [0.15, 0.2) is 104 Å². The van der Waals surface area contributed by atoms with Gasteiger partial charge in [-0.2, -0.15) is 5.10 Å². The summed E-state index contributed by atoms with van der Waals surface area (Å²) in [6, 6.07) is 25.5. The van der Waals surface area contributed by atoms with Gasteiger partial charge in [0.2, 0.25) is 11.8 Å². The SMILES string of the molecule is Cc1nn(C)c(C)c1C=CC(=O)N(Cc1ccc(-c2cnccn2)cc1)[C@@H](Cc1ccccc1)C(=O)N1CCc2ccccc2C1. The molecule has 0 unspecified atom stereocenters. The average molecular weight is 611 g/mol. The molecule has 0 aliphatic carbocycles. The molecule has 46 heavy (non-hydrogen) atoms. The van der Waals surface area contributed by atoms with Gasteiger partial charge >= 0.3 is 0 Å². The molecule has 1 aliphatic rings. The van der Waals surface area contributed by atoms with E-state index in [9.17, 15) is 9.59 Å². The fraction of sp³-hybridized carbons (Fsp3) is 0.237. The van der Waals surface area contributed by atoms with Crippen LogP contribution < -0.4 is 0 Å². The predicted molar refractivity (Wildman–Crippen MR) is 179 cm³/mol. The van der Waals surface area contributed by atoms with Crippen molar-refractivity contribution < 1.29 is 9.59 Å². The molecule has 0 bridgehead atoms. The van der Waals surface area contributed by atoms with Gasteiger partial charge < -0.3 is 9.80 Å². The molecule has 0 saturated heterocycles. The van der Waals surface area contributed by atoms with Gasteiger partial charge in [-0.15, -0.1) is 0 Å². The molecule has 0 spiro atoms. The first-order valence-corrected chi connectivity index (χ1v) is 15.6. The molecule has 6 rings (SSSR count). The highest BCUT2D eigenvalue weighted by Crippen LogP contribution is 2.24. The number of aryl methyl sites for hydroxylation is 2. The fourth-order valence-corrected chi connectivity index (χ4v) is 6.11. The van der Waals surface area contributed by atoms with E-state index >= 15 is 0 Å². The first-order valence-electron chi connectivity index (χ1n) is 15.6. The summed E-state index contributed by atoms with van der Waals surface area (Å²) in [6.07, 6.45) is 9.64. The van der Waals surface area contributed by atoms with Crippen molar-refractivity contribution in [2.45, 2.75) is 45.8 Å². The van der Waals surface area contributed by atoms with Crippen LogP contribution in [-0.4, -0.2) is 53.9 Å². The van der Waals surface area contributed by atoms with Gasteiger partial charge in [-0.05, 0) is 48.6 Å². The summed E-state index contributed by atoms with van der Waals surface area (Å²) in [5.74, 6) is -0.280. The largest absolute Gasteiger partial charge is 0.336 e. The van der Waals surface area contributed by atoms with E-state index < -0.39 is 6.04 Å². The van der Waals surface area contributed by atoms with Crippen molar-refractivity contribution >= 4 is 17.9 Å². The lowest BCUT2D eigenvalue weighted by atomic mass is 9.97. The van der Waals surface area contributed by atoms with Crippen LogP contribution in [0.25, 0.3) is 17.3 Å². The topological polar surface area (TPSA) is 84.2 Å². The molecule has 1 aliphatic heterocycles. The number of amides is 2. The Morgan fingerprint density at radius 1 is 0.913 bits per heavy atom.